The lowest BCUT2D eigenvalue weighted by Crippen LogP contribution is -2.62. The van der Waals surface area contributed by atoms with Gasteiger partial charge in [-0.2, -0.15) is 0 Å². The molecule has 1 aromatic heterocycles. The minimum absolute atomic E-state index is 0.00767. The van der Waals surface area contributed by atoms with Crippen LogP contribution in [0.25, 0.3) is 0 Å². The summed E-state index contributed by atoms with van der Waals surface area (Å²) in [5.41, 5.74) is 18.7. The van der Waals surface area contributed by atoms with E-state index >= 15 is 0 Å². The molecule has 5 rings (SSSR count). The summed E-state index contributed by atoms with van der Waals surface area (Å²) >= 11 is 1.36. The van der Waals surface area contributed by atoms with Gasteiger partial charge in [0.2, 0.25) is 70.9 Å². The molecule has 2 aromatic rings. The quantitative estimate of drug-likeness (QED) is 0.0429. The number of carbonyl (C=O) groups is 14. The molecular weight excluding hydrogens is 1310 g/mol. The minimum atomic E-state index is -1.94. The number of benzene rings is 1. The van der Waals surface area contributed by atoms with Crippen molar-refractivity contribution in [3.8, 4) is 0 Å². The number of amides is 12. The van der Waals surface area contributed by atoms with Crippen molar-refractivity contribution in [2.75, 3.05) is 18.8 Å². The fourth-order valence-corrected chi connectivity index (χ4v) is 12.7. The Morgan fingerprint density at radius 3 is 1.93 bits per heavy atom. The van der Waals surface area contributed by atoms with E-state index in [-0.39, 0.29) is 89.3 Å². The zero-order valence-electron chi connectivity index (χ0n) is 57.1. The Morgan fingerprint density at radius 2 is 1.32 bits per heavy atom. The Bertz CT molecular complexity index is 3200. The van der Waals surface area contributed by atoms with E-state index < -0.39 is 193 Å². The van der Waals surface area contributed by atoms with Gasteiger partial charge >= 0.3 is 11.9 Å². The maximum Gasteiger partial charge on any atom is 0.305 e. The zero-order valence-corrected chi connectivity index (χ0v) is 57.9. The topological polar surface area (TPSA) is 522 Å². The van der Waals surface area contributed by atoms with Gasteiger partial charge < -0.3 is 90.5 Å². The molecule has 0 radical (unpaired) electrons. The van der Waals surface area contributed by atoms with Crippen molar-refractivity contribution in [1.29, 1.82) is 0 Å². The standard InChI is InChI=1S/C65H99N17O16S/c1-8-33(4)51(68)64-79-46(31-99-64)60(94)78-45-25-36(7)82(65(45)98)47(21-22-49(84)85)61(95)81-53(35(6)10-3)62(96)73-39-19-14-15-24-70-54(88)43(28-48(67)83)75-59(93)44(29-50(86)87)76-58(92)42(27-38-30-69-32-71-38)74-57(91)41(26-37-17-12-11-13-18-37)77-63(97)52(34(5)9-2)80-56(90)40(20-16-23-66)72-55(39)89/h11-13,17-18,30,32-36,39-47,51-53H,8-10,14-16,19-29,31,66,68H2,1-7H3,(H2,67,83)(H,69,71)(H,70,88)(H,72,89)(H,73,96)(H,74,91)(H,75,93)(H,76,92)(H,77,97)(H,78,94)(H,80,90)(H,81,95)(H,84,85)(H,86,87). The van der Waals surface area contributed by atoms with Crippen LogP contribution >= 0.6 is 11.8 Å². The largest absolute Gasteiger partial charge is 0.481 e. The Balaban J connectivity index is 1.51. The van der Waals surface area contributed by atoms with Crippen LogP contribution in [0.15, 0.2) is 47.8 Å². The van der Waals surface area contributed by atoms with Crippen molar-refractivity contribution >= 4 is 99.6 Å². The number of primary amides is 1. The fourth-order valence-electron chi connectivity index (χ4n) is 11.5. The molecule has 16 atom stereocenters. The van der Waals surface area contributed by atoms with Gasteiger partial charge in [0.1, 0.15) is 66.5 Å². The summed E-state index contributed by atoms with van der Waals surface area (Å²) in [6.45, 7) is 12.2. The van der Waals surface area contributed by atoms with E-state index in [1.54, 1.807) is 65.0 Å². The van der Waals surface area contributed by atoms with Crippen LogP contribution in [0.1, 0.15) is 143 Å². The SMILES string of the molecule is CCC(C)C(N)C1=NC(C(=O)NC2CC(C)N(C(CCC(=O)O)C(=O)NC(C(=O)NC3CCCCNC(=O)C(CC(N)=O)NC(=O)C(CC(=O)O)NC(=O)C(Cc4cnc[nH]4)NC(=O)C(Cc4ccccc4)NC(=O)C(C(C)CC)NC(=O)C(CCCN)NC3=O)C(C)CC)C2=O)CS1. The highest BCUT2D eigenvalue weighted by Crippen LogP contribution is 2.28. The van der Waals surface area contributed by atoms with E-state index in [1.807, 2.05) is 13.8 Å². The first-order valence-electron chi connectivity index (χ1n) is 33.7. The monoisotopic (exact) mass is 1410 g/mol. The number of hydrogen-bond acceptors (Lipinski definition) is 19. The lowest BCUT2D eigenvalue weighted by atomic mass is 9.96. The van der Waals surface area contributed by atoms with Gasteiger partial charge in [-0.25, -0.2) is 4.98 Å². The average molecular weight is 1410 g/mol. The number of aromatic amines is 1. The predicted octanol–water partition coefficient (Wildman–Crippen LogP) is -2.22. The number of rotatable bonds is 28. The number of carbonyl (C=O) groups excluding carboxylic acids is 12. The molecule has 19 N–H and O–H groups in total. The minimum Gasteiger partial charge on any atom is -0.481 e. The molecule has 33 nitrogen and oxygen atoms in total. The van der Waals surface area contributed by atoms with Crippen LogP contribution in [0.3, 0.4) is 0 Å². The number of H-pyrrole nitrogens is 1. The van der Waals surface area contributed by atoms with Crippen molar-refractivity contribution in [3.63, 3.8) is 0 Å². The van der Waals surface area contributed by atoms with E-state index in [2.05, 4.69) is 68.1 Å². The van der Waals surface area contributed by atoms with Crippen molar-refractivity contribution in [2.24, 2.45) is 39.9 Å². The maximum atomic E-state index is 14.9. The van der Waals surface area contributed by atoms with E-state index in [0.717, 1.165) is 6.42 Å². The fraction of sp³-hybridized carbons (Fsp3) is 0.631. The van der Waals surface area contributed by atoms with E-state index in [0.29, 0.717) is 22.1 Å². The third kappa shape index (κ3) is 24.4. The van der Waals surface area contributed by atoms with Crippen molar-refractivity contribution in [3.05, 3.63) is 54.1 Å². The Kier molecular flexibility index (Phi) is 32.2. The number of likely N-dealkylation sites (tertiary alicyclic amines) is 1. The molecule has 2 saturated heterocycles. The van der Waals surface area contributed by atoms with Gasteiger partial charge in [0.15, 0.2) is 0 Å². The number of nitrogens with two attached hydrogens (primary N) is 3. The number of carboxylic acids is 2. The molecule has 2 fully saturated rings. The Hall–Kier alpha value is -9.05. The number of carboxylic acid groups (broad SMARTS) is 2. The Morgan fingerprint density at radius 1 is 0.707 bits per heavy atom. The highest BCUT2D eigenvalue weighted by Gasteiger charge is 2.46. The third-order valence-electron chi connectivity index (χ3n) is 18.1. The maximum absolute atomic E-state index is 14.9. The summed E-state index contributed by atoms with van der Waals surface area (Å²) in [6, 6.07) is -8.77. The number of aliphatic carboxylic acids is 2. The van der Waals surface area contributed by atoms with Crippen LogP contribution in [0.4, 0.5) is 0 Å². The van der Waals surface area contributed by atoms with Crippen LogP contribution in [0, 0.1) is 17.8 Å². The number of nitrogens with one attached hydrogen (secondary N) is 11. The van der Waals surface area contributed by atoms with Gasteiger partial charge in [-0.1, -0.05) is 91.1 Å². The number of thioether (sulfide) groups is 1. The summed E-state index contributed by atoms with van der Waals surface area (Å²) in [5, 5.41) is 46.7. The van der Waals surface area contributed by atoms with E-state index in [1.165, 1.54) is 29.2 Å². The van der Waals surface area contributed by atoms with Crippen molar-refractivity contribution in [2.45, 2.75) is 223 Å². The summed E-state index contributed by atoms with van der Waals surface area (Å²) in [7, 11) is 0. The van der Waals surface area contributed by atoms with E-state index in [9.17, 15) is 77.3 Å². The van der Waals surface area contributed by atoms with Crippen LogP contribution in [0.2, 0.25) is 0 Å². The molecule has 3 aliphatic rings. The van der Waals surface area contributed by atoms with Gasteiger partial charge in [-0.15, -0.1) is 11.8 Å². The summed E-state index contributed by atoms with van der Waals surface area (Å²) in [4.78, 5) is 208. The summed E-state index contributed by atoms with van der Waals surface area (Å²) in [6.07, 6.45) is 0.465. The molecule has 1 aromatic carbocycles. The first-order chi connectivity index (χ1) is 47.0. The summed E-state index contributed by atoms with van der Waals surface area (Å²) in [5.74, 6) is -14.9. The third-order valence-corrected chi connectivity index (χ3v) is 19.2. The number of imidazole rings is 1. The second-order valence-electron chi connectivity index (χ2n) is 25.6. The molecule has 12 amide bonds. The lowest BCUT2D eigenvalue weighted by Gasteiger charge is -2.33. The second kappa shape index (κ2) is 39.5. The molecule has 0 bridgehead atoms. The molecule has 34 heteroatoms. The first-order valence-corrected chi connectivity index (χ1v) is 34.7. The van der Waals surface area contributed by atoms with Gasteiger partial charge in [-0.3, -0.25) is 72.1 Å². The molecular formula is C65H99N17O16S. The normalized spacial score (nSPS) is 25.3. The molecule has 546 valence electrons. The highest BCUT2D eigenvalue weighted by atomic mass is 32.2. The van der Waals surface area contributed by atoms with Crippen molar-refractivity contribution in [1.82, 2.24) is 68.0 Å². The summed E-state index contributed by atoms with van der Waals surface area (Å²) < 4.78 is 0. The van der Waals surface area contributed by atoms with E-state index in [4.69, 9.17) is 17.2 Å². The molecule has 4 heterocycles. The molecule has 3 aliphatic heterocycles. The molecule has 99 heavy (non-hydrogen) atoms. The predicted molar refractivity (Wildman–Crippen MR) is 363 cm³/mol. The first kappa shape index (κ1) is 80.6. The van der Waals surface area contributed by atoms with Gasteiger partial charge in [0.25, 0.3) is 0 Å². The zero-order chi connectivity index (χ0) is 73.2. The number of aromatic nitrogens is 2. The van der Waals surface area contributed by atoms with Gasteiger partial charge in [0, 0.05) is 49.5 Å². The number of aliphatic imine (C=N–C) groups is 1. The smallest absolute Gasteiger partial charge is 0.305 e. The number of nitrogens with zero attached hydrogens (tertiary/aromatic N) is 3. The van der Waals surface area contributed by atoms with Gasteiger partial charge in [0.05, 0.1) is 30.3 Å². The molecule has 0 saturated carbocycles. The van der Waals surface area contributed by atoms with Crippen LogP contribution in [0.5, 0.6) is 0 Å². The van der Waals surface area contributed by atoms with Crippen LogP contribution in [-0.2, 0) is 80.0 Å². The highest BCUT2D eigenvalue weighted by molar-refractivity contribution is 8.14. The van der Waals surface area contributed by atoms with Crippen molar-refractivity contribution < 1.29 is 77.3 Å². The number of hydrogen-bond donors (Lipinski definition) is 16. The van der Waals surface area contributed by atoms with Gasteiger partial charge in [-0.05, 0) is 81.7 Å². The molecule has 0 aliphatic carbocycles. The van der Waals surface area contributed by atoms with Crippen LogP contribution < -0.4 is 70.4 Å². The average Bonchev–Trinajstić information content (AvgIpc) is 1.65. The molecule has 0 spiro atoms. The lowest BCUT2D eigenvalue weighted by molar-refractivity contribution is -0.144. The Labute approximate surface area is 578 Å². The molecule has 16 unspecified atom stereocenters. The van der Waals surface area contributed by atoms with Crippen LogP contribution in [-0.4, -0.2) is 210 Å². The second-order valence-corrected chi connectivity index (χ2v) is 26.7.